The molecular weight excluding hydrogens is 300 g/mol. The van der Waals surface area contributed by atoms with Gasteiger partial charge in [-0.1, -0.05) is 18.2 Å². The minimum atomic E-state index is -0.0529. The molecule has 0 radical (unpaired) electrons. The van der Waals surface area contributed by atoms with E-state index in [-0.39, 0.29) is 6.03 Å². The quantitative estimate of drug-likeness (QED) is 0.912. The Bertz CT molecular complexity index is 816. The molecule has 0 fully saturated rings. The Hall–Kier alpha value is -2.27. The molecule has 5 heteroatoms. The molecule has 2 amide bonds. The molecule has 0 saturated heterocycles. The molecular formula is C19H24N4O. The highest BCUT2D eigenvalue weighted by Crippen LogP contribution is 2.38. The fourth-order valence-electron chi connectivity index (χ4n) is 3.98. The normalized spacial score (nSPS) is 18.9. The van der Waals surface area contributed by atoms with Gasteiger partial charge in [-0.05, 0) is 56.0 Å². The van der Waals surface area contributed by atoms with Crippen LogP contribution in [0.25, 0.3) is 16.5 Å². The molecule has 1 atom stereocenters. The van der Waals surface area contributed by atoms with Crippen molar-refractivity contribution in [2.75, 3.05) is 25.1 Å². The van der Waals surface area contributed by atoms with E-state index in [2.05, 4.69) is 41.2 Å². The Morgan fingerprint density at radius 3 is 3.00 bits per heavy atom. The molecule has 1 aliphatic heterocycles. The summed E-state index contributed by atoms with van der Waals surface area (Å²) in [7, 11) is 0. The minimum absolute atomic E-state index is 0.0529. The maximum atomic E-state index is 12.4. The van der Waals surface area contributed by atoms with Crippen molar-refractivity contribution in [1.29, 1.82) is 0 Å². The van der Waals surface area contributed by atoms with Crippen LogP contribution in [0.1, 0.15) is 31.4 Å². The highest BCUT2D eigenvalue weighted by atomic mass is 16.2. The highest BCUT2D eigenvalue weighted by Gasteiger charge is 2.28. The number of nitrogens with one attached hydrogen (secondary N) is 2. The summed E-state index contributed by atoms with van der Waals surface area (Å²) >= 11 is 0. The third kappa shape index (κ3) is 2.31. The summed E-state index contributed by atoms with van der Waals surface area (Å²) in [6.45, 7) is 6.45. The van der Waals surface area contributed by atoms with Gasteiger partial charge in [-0.3, -0.25) is 4.68 Å². The van der Waals surface area contributed by atoms with Crippen LogP contribution >= 0.6 is 0 Å². The molecule has 0 spiro atoms. The summed E-state index contributed by atoms with van der Waals surface area (Å²) in [6.07, 6.45) is 6.51. The lowest BCUT2D eigenvalue weighted by Gasteiger charge is -2.30. The van der Waals surface area contributed by atoms with E-state index in [1.807, 2.05) is 18.5 Å². The number of rotatable bonds is 3. The van der Waals surface area contributed by atoms with Crippen molar-refractivity contribution in [1.82, 2.24) is 14.9 Å². The predicted octanol–water partition coefficient (Wildman–Crippen LogP) is 2.95. The number of carbonyl (C=O) groups excluding carboxylic acids is 1. The lowest BCUT2D eigenvalue weighted by Crippen LogP contribution is -2.38. The van der Waals surface area contributed by atoms with Gasteiger partial charge < -0.3 is 10.2 Å². The van der Waals surface area contributed by atoms with E-state index in [1.165, 1.54) is 22.1 Å². The van der Waals surface area contributed by atoms with Gasteiger partial charge in [0.05, 0.1) is 5.52 Å². The van der Waals surface area contributed by atoms with Crippen molar-refractivity contribution in [2.24, 2.45) is 0 Å². The van der Waals surface area contributed by atoms with Gasteiger partial charge in [-0.15, -0.1) is 0 Å². The standard InChI is InChI=1S/C19H24N4O/c1-3-22(4-2)19(24)21-23-12-13-11-16-14(8-6-10-20-16)15-7-5-9-17(23)18(13)15/h5,7-9,12,16,20H,3-4,6,10-11H2,1-2H3,(H,21,24)/t16-/m0/s1. The van der Waals surface area contributed by atoms with Crippen LogP contribution in [0.15, 0.2) is 30.5 Å². The van der Waals surface area contributed by atoms with Crippen LogP contribution in [0.4, 0.5) is 4.79 Å². The molecule has 4 rings (SSSR count). The summed E-state index contributed by atoms with van der Waals surface area (Å²) < 4.78 is 1.90. The molecule has 126 valence electrons. The molecule has 0 bridgehead atoms. The topological polar surface area (TPSA) is 49.3 Å². The number of hydrogen-bond acceptors (Lipinski definition) is 2. The van der Waals surface area contributed by atoms with Crippen molar-refractivity contribution in [3.05, 3.63) is 41.6 Å². The largest absolute Gasteiger partial charge is 0.336 e. The first-order chi connectivity index (χ1) is 11.7. The number of nitrogens with zero attached hydrogens (tertiary/aromatic N) is 2. The molecule has 1 aliphatic carbocycles. The smallest absolute Gasteiger partial charge is 0.324 e. The van der Waals surface area contributed by atoms with Crippen molar-refractivity contribution < 1.29 is 4.79 Å². The SMILES string of the molecule is CCN(CC)C(=O)Nn1cc2c3c(cccc31)C1=CCCN[C@H]1C2. The Balaban J connectivity index is 1.77. The third-order valence-corrected chi connectivity index (χ3v) is 5.18. The number of urea groups is 1. The lowest BCUT2D eigenvalue weighted by molar-refractivity contribution is 0.214. The van der Waals surface area contributed by atoms with Gasteiger partial charge >= 0.3 is 6.03 Å². The van der Waals surface area contributed by atoms with E-state index in [0.717, 1.165) is 24.9 Å². The van der Waals surface area contributed by atoms with E-state index in [9.17, 15) is 4.79 Å². The first kappa shape index (κ1) is 15.3. The molecule has 1 aromatic carbocycles. The molecule has 0 unspecified atom stereocenters. The molecule has 5 nitrogen and oxygen atoms in total. The van der Waals surface area contributed by atoms with E-state index in [0.29, 0.717) is 19.1 Å². The van der Waals surface area contributed by atoms with Crippen molar-refractivity contribution >= 4 is 22.5 Å². The van der Waals surface area contributed by atoms with Crippen LogP contribution in [0.2, 0.25) is 0 Å². The summed E-state index contributed by atoms with van der Waals surface area (Å²) in [5.41, 5.74) is 8.14. The second kappa shape index (κ2) is 5.98. The van der Waals surface area contributed by atoms with Gasteiger partial charge in [0, 0.05) is 30.7 Å². The molecule has 2 aromatic rings. The zero-order valence-corrected chi connectivity index (χ0v) is 14.3. The Morgan fingerprint density at radius 1 is 1.38 bits per heavy atom. The van der Waals surface area contributed by atoms with Crippen LogP contribution in [0, 0.1) is 0 Å². The summed E-state index contributed by atoms with van der Waals surface area (Å²) in [4.78, 5) is 14.2. The molecule has 2 N–H and O–H groups in total. The van der Waals surface area contributed by atoms with Crippen LogP contribution in [0.3, 0.4) is 0 Å². The number of aromatic nitrogens is 1. The maximum Gasteiger partial charge on any atom is 0.336 e. The fourth-order valence-corrected chi connectivity index (χ4v) is 3.98. The second-order valence-electron chi connectivity index (χ2n) is 6.47. The van der Waals surface area contributed by atoms with Gasteiger partial charge in [-0.2, -0.15) is 0 Å². The van der Waals surface area contributed by atoms with Gasteiger partial charge in [-0.25, -0.2) is 10.2 Å². The van der Waals surface area contributed by atoms with E-state index in [1.54, 1.807) is 4.90 Å². The van der Waals surface area contributed by atoms with Crippen molar-refractivity contribution in [2.45, 2.75) is 32.7 Å². The van der Waals surface area contributed by atoms with Crippen LogP contribution < -0.4 is 10.7 Å². The monoisotopic (exact) mass is 324 g/mol. The third-order valence-electron chi connectivity index (χ3n) is 5.18. The van der Waals surface area contributed by atoms with Crippen molar-refractivity contribution in [3.8, 4) is 0 Å². The maximum absolute atomic E-state index is 12.4. The lowest BCUT2D eigenvalue weighted by atomic mass is 9.83. The first-order valence-corrected chi connectivity index (χ1v) is 8.85. The Kier molecular flexibility index (Phi) is 3.81. The van der Waals surface area contributed by atoms with E-state index >= 15 is 0 Å². The van der Waals surface area contributed by atoms with Crippen LogP contribution in [-0.4, -0.2) is 41.3 Å². The molecule has 2 aliphatic rings. The minimum Gasteiger partial charge on any atom is -0.324 e. The average molecular weight is 324 g/mol. The molecule has 0 saturated carbocycles. The molecule has 1 aromatic heterocycles. The number of hydrogen-bond donors (Lipinski definition) is 2. The van der Waals surface area contributed by atoms with Crippen LogP contribution in [0.5, 0.6) is 0 Å². The van der Waals surface area contributed by atoms with E-state index in [4.69, 9.17) is 0 Å². The Morgan fingerprint density at radius 2 is 2.21 bits per heavy atom. The predicted molar refractivity (Wildman–Crippen MR) is 97.7 cm³/mol. The van der Waals surface area contributed by atoms with Gasteiger partial charge in [0.25, 0.3) is 0 Å². The van der Waals surface area contributed by atoms with E-state index < -0.39 is 0 Å². The fraction of sp³-hybridized carbons (Fsp3) is 0.421. The number of fused-ring (bicyclic) bond motifs is 2. The summed E-state index contributed by atoms with van der Waals surface area (Å²) in [6, 6.07) is 6.71. The highest BCUT2D eigenvalue weighted by molar-refractivity contribution is 5.99. The zero-order valence-electron chi connectivity index (χ0n) is 14.3. The first-order valence-electron chi connectivity index (χ1n) is 8.85. The zero-order chi connectivity index (χ0) is 16.7. The number of benzene rings is 1. The van der Waals surface area contributed by atoms with Crippen molar-refractivity contribution in [3.63, 3.8) is 0 Å². The molecule has 24 heavy (non-hydrogen) atoms. The van der Waals surface area contributed by atoms with Gasteiger partial charge in [0.1, 0.15) is 0 Å². The summed E-state index contributed by atoms with van der Waals surface area (Å²) in [5.74, 6) is 0. The van der Waals surface area contributed by atoms with Gasteiger partial charge in [0.2, 0.25) is 0 Å². The van der Waals surface area contributed by atoms with Gasteiger partial charge in [0.15, 0.2) is 0 Å². The Labute approximate surface area is 142 Å². The van der Waals surface area contributed by atoms with Crippen LogP contribution in [-0.2, 0) is 6.42 Å². The average Bonchev–Trinajstić information content (AvgIpc) is 2.95. The molecule has 2 heterocycles. The number of carbonyl (C=O) groups is 1. The second-order valence-corrected chi connectivity index (χ2v) is 6.47. The summed E-state index contributed by atoms with van der Waals surface area (Å²) in [5, 5.41) is 4.90. The number of amides is 2.